The van der Waals surface area contributed by atoms with Gasteiger partial charge in [0.15, 0.2) is 11.5 Å². The number of nitrogens with zero attached hydrogens (tertiary/aromatic N) is 1. The maximum atomic E-state index is 11.0. The van der Waals surface area contributed by atoms with Crippen molar-refractivity contribution in [3.05, 3.63) is 23.3 Å². The lowest BCUT2D eigenvalue weighted by molar-refractivity contribution is -0.118. The Hall–Kier alpha value is -1.79. The normalized spacial score (nSPS) is 15.6. The number of aliphatic hydroxyl groups excluding tert-OH is 1. The quantitative estimate of drug-likeness (QED) is 0.735. The smallest absolute Gasteiger partial charge is 0.210 e. The van der Waals surface area contributed by atoms with E-state index in [0.717, 1.165) is 24.0 Å². The molecule has 2 N–H and O–H groups in total. The summed E-state index contributed by atoms with van der Waals surface area (Å²) in [6, 6.07) is 3.82. The van der Waals surface area contributed by atoms with E-state index in [1.165, 1.54) is 0 Å². The number of hydrogen-bond donors (Lipinski definition) is 2. The Morgan fingerprint density at radius 1 is 1.42 bits per heavy atom. The van der Waals surface area contributed by atoms with E-state index >= 15 is 0 Å². The van der Waals surface area contributed by atoms with E-state index in [0.29, 0.717) is 31.1 Å². The van der Waals surface area contributed by atoms with Crippen LogP contribution in [-0.4, -0.2) is 54.9 Å². The summed E-state index contributed by atoms with van der Waals surface area (Å²) in [5.41, 5.74) is 2.07. The summed E-state index contributed by atoms with van der Waals surface area (Å²) in [4.78, 5) is 12.7. The van der Waals surface area contributed by atoms with Crippen molar-refractivity contribution in [3.63, 3.8) is 0 Å². The van der Waals surface area contributed by atoms with Gasteiger partial charge in [-0.05, 0) is 38.8 Å². The number of β-amino-alcohol motifs (C(OH)–C–C–N with tert-alkyl or cyclic N) is 1. The predicted octanol–water partition coefficient (Wildman–Crippen LogP) is 1.34. The zero-order valence-corrected chi connectivity index (χ0v) is 15.0. The van der Waals surface area contributed by atoms with E-state index in [4.69, 9.17) is 9.47 Å². The van der Waals surface area contributed by atoms with Crippen LogP contribution >= 0.6 is 0 Å². The third-order valence-electron chi connectivity index (χ3n) is 4.00. The summed E-state index contributed by atoms with van der Waals surface area (Å²) in [5.74, 6) is 1.33. The van der Waals surface area contributed by atoms with Crippen molar-refractivity contribution in [2.24, 2.45) is 0 Å². The van der Waals surface area contributed by atoms with Crippen LogP contribution in [0.5, 0.6) is 11.5 Å². The van der Waals surface area contributed by atoms with Gasteiger partial charge in [-0.2, -0.15) is 0 Å². The van der Waals surface area contributed by atoms with Crippen molar-refractivity contribution in [2.75, 3.05) is 26.8 Å². The topological polar surface area (TPSA) is 71.0 Å². The predicted molar refractivity (Wildman–Crippen MR) is 92.4 cm³/mol. The molecule has 0 fully saturated rings. The van der Waals surface area contributed by atoms with Crippen molar-refractivity contribution < 1.29 is 19.4 Å². The first-order valence-corrected chi connectivity index (χ1v) is 8.28. The second-order valence-corrected chi connectivity index (χ2v) is 7.16. The van der Waals surface area contributed by atoms with Crippen LogP contribution in [0.15, 0.2) is 12.1 Å². The van der Waals surface area contributed by atoms with E-state index in [1.54, 1.807) is 12.0 Å². The number of carbonyl (C=O) groups is 1. The van der Waals surface area contributed by atoms with Crippen LogP contribution in [0.1, 0.15) is 31.9 Å². The number of rotatable bonds is 7. The van der Waals surface area contributed by atoms with E-state index in [1.807, 2.05) is 12.1 Å². The molecule has 1 heterocycles. The van der Waals surface area contributed by atoms with Gasteiger partial charge in [-0.25, -0.2) is 0 Å². The molecule has 1 aromatic rings. The number of aliphatic hydroxyl groups is 1. The van der Waals surface area contributed by atoms with Crippen molar-refractivity contribution >= 4 is 6.41 Å². The zero-order chi connectivity index (χ0) is 17.7. The van der Waals surface area contributed by atoms with E-state index in [-0.39, 0.29) is 12.1 Å². The number of fused-ring (bicyclic) bond motifs is 1. The Morgan fingerprint density at radius 2 is 2.17 bits per heavy atom. The monoisotopic (exact) mass is 336 g/mol. The fourth-order valence-electron chi connectivity index (χ4n) is 2.69. The highest BCUT2D eigenvalue weighted by Gasteiger charge is 2.22. The van der Waals surface area contributed by atoms with Crippen LogP contribution in [0.2, 0.25) is 0 Å². The molecule has 134 valence electrons. The van der Waals surface area contributed by atoms with Crippen LogP contribution in [0, 0.1) is 0 Å². The van der Waals surface area contributed by atoms with Crippen molar-refractivity contribution in [3.8, 4) is 11.5 Å². The summed E-state index contributed by atoms with van der Waals surface area (Å²) >= 11 is 0. The Labute approximate surface area is 143 Å². The van der Waals surface area contributed by atoms with Gasteiger partial charge in [0.2, 0.25) is 6.41 Å². The molecule has 0 bridgehead atoms. The van der Waals surface area contributed by atoms with Gasteiger partial charge < -0.3 is 24.8 Å². The molecule has 1 aromatic carbocycles. The lowest BCUT2D eigenvalue weighted by Crippen LogP contribution is -2.42. The molecule has 0 aliphatic carbocycles. The second-order valence-electron chi connectivity index (χ2n) is 7.16. The first kappa shape index (κ1) is 18.5. The molecule has 1 atom stereocenters. The Kier molecular flexibility index (Phi) is 6.07. The lowest BCUT2D eigenvalue weighted by atomic mass is 9.98. The summed E-state index contributed by atoms with van der Waals surface area (Å²) in [7, 11) is 1.60. The van der Waals surface area contributed by atoms with E-state index in [9.17, 15) is 9.90 Å². The molecular weight excluding hydrogens is 308 g/mol. The summed E-state index contributed by atoms with van der Waals surface area (Å²) < 4.78 is 11.3. The number of nitrogens with one attached hydrogen (secondary N) is 1. The molecule has 2 rings (SSSR count). The number of methoxy groups -OCH3 is 1. The third-order valence-corrected chi connectivity index (χ3v) is 4.00. The molecule has 1 aliphatic heterocycles. The standard InChI is InChI=1S/C18H28N2O4/c1-18(2,3)19-9-14(22)11-24-17-15-7-8-20(12-21)10-13(15)5-6-16(17)23-4/h5-6,12,14,19,22H,7-11H2,1-4H3. The van der Waals surface area contributed by atoms with E-state index in [2.05, 4.69) is 26.1 Å². The van der Waals surface area contributed by atoms with Crippen molar-refractivity contribution in [1.29, 1.82) is 0 Å². The van der Waals surface area contributed by atoms with Crippen LogP contribution in [-0.2, 0) is 17.8 Å². The molecule has 0 spiro atoms. The average molecular weight is 336 g/mol. The minimum Gasteiger partial charge on any atom is -0.493 e. The minimum absolute atomic E-state index is 0.0527. The number of benzene rings is 1. The van der Waals surface area contributed by atoms with E-state index < -0.39 is 6.10 Å². The van der Waals surface area contributed by atoms with Crippen molar-refractivity contribution in [1.82, 2.24) is 10.2 Å². The molecule has 6 heteroatoms. The SMILES string of the molecule is COc1ccc2c(c1OCC(O)CNC(C)(C)C)CCN(C=O)C2. The van der Waals surface area contributed by atoms with Gasteiger partial charge in [-0.15, -0.1) is 0 Å². The molecule has 24 heavy (non-hydrogen) atoms. The maximum Gasteiger partial charge on any atom is 0.210 e. The molecular formula is C18H28N2O4. The van der Waals surface area contributed by atoms with Gasteiger partial charge in [0, 0.05) is 30.7 Å². The number of hydrogen-bond acceptors (Lipinski definition) is 5. The number of ether oxygens (including phenoxy) is 2. The maximum absolute atomic E-state index is 11.0. The minimum atomic E-state index is -0.611. The average Bonchev–Trinajstić information content (AvgIpc) is 2.56. The van der Waals surface area contributed by atoms with Crippen LogP contribution < -0.4 is 14.8 Å². The highest BCUT2D eigenvalue weighted by molar-refractivity contribution is 5.55. The molecule has 0 radical (unpaired) electrons. The van der Waals surface area contributed by atoms with Gasteiger partial charge >= 0.3 is 0 Å². The van der Waals surface area contributed by atoms with Crippen LogP contribution in [0.25, 0.3) is 0 Å². The zero-order valence-electron chi connectivity index (χ0n) is 15.0. The fourth-order valence-corrected chi connectivity index (χ4v) is 2.69. The molecule has 6 nitrogen and oxygen atoms in total. The van der Waals surface area contributed by atoms with Crippen LogP contribution in [0.3, 0.4) is 0 Å². The number of amides is 1. The largest absolute Gasteiger partial charge is 0.493 e. The third kappa shape index (κ3) is 4.85. The second kappa shape index (κ2) is 7.85. The van der Waals surface area contributed by atoms with Gasteiger partial charge in [-0.3, -0.25) is 4.79 Å². The van der Waals surface area contributed by atoms with Gasteiger partial charge in [-0.1, -0.05) is 6.07 Å². The number of carbonyl (C=O) groups excluding carboxylic acids is 1. The van der Waals surface area contributed by atoms with Gasteiger partial charge in [0.05, 0.1) is 7.11 Å². The molecule has 0 saturated carbocycles. The fraction of sp³-hybridized carbons (Fsp3) is 0.611. The Balaban J connectivity index is 2.07. The summed E-state index contributed by atoms with van der Waals surface area (Å²) in [6.07, 6.45) is 0.979. The lowest BCUT2D eigenvalue weighted by Gasteiger charge is -2.28. The highest BCUT2D eigenvalue weighted by atomic mass is 16.5. The Bertz CT molecular complexity index is 569. The molecule has 1 amide bonds. The molecule has 0 saturated heterocycles. The summed E-state index contributed by atoms with van der Waals surface area (Å²) in [5, 5.41) is 13.4. The van der Waals surface area contributed by atoms with Gasteiger partial charge in [0.1, 0.15) is 12.7 Å². The Morgan fingerprint density at radius 3 is 2.79 bits per heavy atom. The van der Waals surface area contributed by atoms with Crippen molar-refractivity contribution in [2.45, 2.75) is 45.4 Å². The van der Waals surface area contributed by atoms with Gasteiger partial charge in [0.25, 0.3) is 0 Å². The summed E-state index contributed by atoms with van der Waals surface area (Å²) in [6.45, 7) is 8.04. The van der Waals surface area contributed by atoms with Crippen LogP contribution in [0.4, 0.5) is 0 Å². The first-order valence-electron chi connectivity index (χ1n) is 8.28. The molecule has 0 aromatic heterocycles. The highest BCUT2D eigenvalue weighted by Crippen LogP contribution is 2.36. The first-order chi connectivity index (χ1) is 11.3. The molecule has 1 aliphatic rings. The molecule has 1 unspecified atom stereocenters.